The predicted octanol–water partition coefficient (Wildman–Crippen LogP) is 3.17. The van der Waals surface area contributed by atoms with Gasteiger partial charge in [0.2, 0.25) is 0 Å². The molecule has 2 nitrogen and oxygen atoms in total. The first kappa shape index (κ1) is 12.0. The van der Waals surface area contributed by atoms with E-state index in [0.29, 0.717) is 4.90 Å². The van der Waals surface area contributed by atoms with E-state index < -0.39 is 6.61 Å². The van der Waals surface area contributed by atoms with Gasteiger partial charge in [-0.05, 0) is 18.2 Å². The van der Waals surface area contributed by atoms with Gasteiger partial charge in [0.1, 0.15) is 5.75 Å². The number of ether oxygens (including phenoxy) is 1. The molecule has 0 heterocycles. The van der Waals surface area contributed by atoms with Crippen LogP contribution in [0.15, 0.2) is 23.1 Å². The molecule has 0 atom stereocenters. The summed E-state index contributed by atoms with van der Waals surface area (Å²) in [7, 11) is 0. The molecule has 0 N–H and O–H groups in total. The van der Waals surface area contributed by atoms with Crippen molar-refractivity contribution in [1.82, 2.24) is 0 Å². The number of ketones is 1. The van der Waals surface area contributed by atoms with Crippen molar-refractivity contribution in [3.8, 4) is 5.75 Å². The molecule has 0 fully saturated rings. The zero-order valence-corrected chi connectivity index (χ0v) is 8.93. The summed E-state index contributed by atoms with van der Waals surface area (Å²) < 4.78 is 28.3. The molecular formula is C10H10F2O2S. The number of alkyl halides is 2. The van der Waals surface area contributed by atoms with Gasteiger partial charge in [0.25, 0.3) is 0 Å². The van der Waals surface area contributed by atoms with Crippen molar-refractivity contribution in [1.29, 1.82) is 0 Å². The molecule has 1 aromatic rings. The van der Waals surface area contributed by atoms with E-state index in [1.54, 1.807) is 6.92 Å². The van der Waals surface area contributed by atoms with Gasteiger partial charge in [-0.1, -0.05) is 6.92 Å². The number of carbonyl (C=O) groups excluding carboxylic acids is 1. The Morgan fingerprint density at radius 2 is 2.20 bits per heavy atom. The fourth-order valence-corrected chi connectivity index (χ4v) is 1.33. The molecule has 1 rings (SSSR count). The minimum absolute atomic E-state index is 0.102. The molecular weight excluding hydrogens is 222 g/mol. The van der Waals surface area contributed by atoms with Gasteiger partial charge in [0.05, 0.1) is 5.56 Å². The summed E-state index contributed by atoms with van der Waals surface area (Å²) in [5.74, 6) is -0.351. The van der Waals surface area contributed by atoms with Gasteiger partial charge in [-0.3, -0.25) is 4.79 Å². The zero-order chi connectivity index (χ0) is 11.4. The first-order valence-corrected chi connectivity index (χ1v) is 4.80. The lowest BCUT2D eigenvalue weighted by Gasteiger charge is -2.09. The number of thiol groups is 1. The Balaban J connectivity index is 3.08. The lowest BCUT2D eigenvalue weighted by atomic mass is 10.1. The third-order valence-corrected chi connectivity index (χ3v) is 2.08. The highest BCUT2D eigenvalue weighted by atomic mass is 32.1. The van der Waals surface area contributed by atoms with E-state index >= 15 is 0 Å². The Morgan fingerprint density at radius 1 is 1.53 bits per heavy atom. The van der Waals surface area contributed by atoms with E-state index in [4.69, 9.17) is 0 Å². The van der Waals surface area contributed by atoms with Crippen molar-refractivity contribution >= 4 is 18.4 Å². The van der Waals surface area contributed by atoms with Crippen molar-refractivity contribution in [3.63, 3.8) is 0 Å². The molecule has 0 unspecified atom stereocenters. The maximum atomic E-state index is 12.0. The van der Waals surface area contributed by atoms with Gasteiger partial charge in [-0.15, -0.1) is 12.6 Å². The third-order valence-electron chi connectivity index (χ3n) is 1.80. The van der Waals surface area contributed by atoms with Crippen LogP contribution in [0.3, 0.4) is 0 Å². The fraction of sp³-hybridized carbons (Fsp3) is 0.300. The van der Waals surface area contributed by atoms with Crippen LogP contribution < -0.4 is 4.74 Å². The summed E-state index contributed by atoms with van der Waals surface area (Å²) in [6.07, 6.45) is 0.233. The fourth-order valence-electron chi connectivity index (χ4n) is 1.13. The summed E-state index contributed by atoms with van der Waals surface area (Å²) in [6, 6.07) is 4.23. The first-order chi connectivity index (χ1) is 7.04. The Hall–Kier alpha value is -1.10. The summed E-state index contributed by atoms with van der Waals surface area (Å²) >= 11 is 4.03. The van der Waals surface area contributed by atoms with E-state index in [1.807, 2.05) is 0 Å². The van der Waals surface area contributed by atoms with Crippen molar-refractivity contribution in [2.45, 2.75) is 24.9 Å². The normalized spacial score (nSPS) is 10.5. The second-order valence-corrected chi connectivity index (χ2v) is 3.35. The molecule has 0 bridgehead atoms. The maximum absolute atomic E-state index is 12.0. The number of Topliss-reactive ketones (excluding diaryl/α,β-unsaturated/α-hetero) is 1. The number of carbonyl (C=O) groups is 1. The van der Waals surface area contributed by atoms with E-state index in [9.17, 15) is 13.6 Å². The molecule has 82 valence electrons. The SMILES string of the molecule is CCC(=O)c1cc(S)ccc1OC(F)F. The minimum atomic E-state index is -2.93. The molecule has 0 aromatic heterocycles. The number of hydrogen-bond acceptors (Lipinski definition) is 3. The second kappa shape index (κ2) is 5.11. The molecule has 0 spiro atoms. The maximum Gasteiger partial charge on any atom is 0.387 e. The molecule has 5 heteroatoms. The number of halogens is 2. The van der Waals surface area contributed by atoms with Crippen LogP contribution in [0.2, 0.25) is 0 Å². The molecule has 0 saturated carbocycles. The highest BCUT2D eigenvalue weighted by Gasteiger charge is 2.14. The summed E-state index contributed by atoms with van der Waals surface area (Å²) in [4.78, 5) is 11.9. The highest BCUT2D eigenvalue weighted by Crippen LogP contribution is 2.24. The van der Waals surface area contributed by atoms with Crippen molar-refractivity contribution in [2.75, 3.05) is 0 Å². The lowest BCUT2D eigenvalue weighted by Crippen LogP contribution is -2.07. The van der Waals surface area contributed by atoms with Crippen LogP contribution in [-0.2, 0) is 0 Å². The van der Waals surface area contributed by atoms with Crippen molar-refractivity contribution in [2.24, 2.45) is 0 Å². The topological polar surface area (TPSA) is 26.3 Å². The van der Waals surface area contributed by atoms with Gasteiger partial charge in [0, 0.05) is 11.3 Å². The molecule has 0 aliphatic heterocycles. The molecule has 0 aliphatic carbocycles. The average Bonchev–Trinajstić information content (AvgIpc) is 2.19. The minimum Gasteiger partial charge on any atom is -0.434 e. The van der Waals surface area contributed by atoms with Crippen molar-refractivity contribution in [3.05, 3.63) is 23.8 Å². The predicted molar refractivity (Wildman–Crippen MR) is 54.9 cm³/mol. The van der Waals surface area contributed by atoms with Crippen LogP contribution >= 0.6 is 12.6 Å². The number of hydrogen-bond donors (Lipinski definition) is 1. The quantitative estimate of drug-likeness (QED) is 0.637. The third kappa shape index (κ3) is 3.20. The smallest absolute Gasteiger partial charge is 0.387 e. The van der Waals surface area contributed by atoms with Gasteiger partial charge >= 0.3 is 6.61 Å². The largest absolute Gasteiger partial charge is 0.434 e. The standard InChI is InChI=1S/C10H10F2O2S/c1-2-8(13)7-5-6(15)3-4-9(7)14-10(11)12/h3-5,10,15H,2H2,1H3. The van der Waals surface area contributed by atoms with Gasteiger partial charge in [-0.25, -0.2) is 0 Å². The first-order valence-electron chi connectivity index (χ1n) is 4.35. The second-order valence-electron chi connectivity index (χ2n) is 2.84. The Bertz CT molecular complexity index is 366. The van der Waals surface area contributed by atoms with Crippen LogP contribution in [0.25, 0.3) is 0 Å². The van der Waals surface area contributed by atoms with E-state index in [1.165, 1.54) is 18.2 Å². The molecule has 0 saturated heterocycles. The molecule has 0 aliphatic rings. The van der Waals surface area contributed by atoms with Crippen LogP contribution in [-0.4, -0.2) is 12.4 Å². The van der Waals surface area contributed by atoms with Crippen LogP contribution in [0.5, 0.6) is 5.75 Å². The Morgan fingerprint density at radius 3 is 2.73 bits per heavy atom. The average molecular weight is 232 g/mol. The number of rotatable bonds is 4. The zero-order valence-electron chi connectivity index (χ0n) is 8.04. The summed E-state index contributed by atoms with van der Waals surface area (Å²) in [5.41, 5.74) is 0.144. The van der Waals surface area contributed by atoms with E-state index in [-0.39, 0.29) is 23.5 Å². The van der Waals surface area contributed by atoms with Gasteiger partial charge in [0.15, 0.2) is 5.78 Å². The van der Waals surface area contributed by atoms with Crippen LogP contribution in [0.1, 0.15) is 23.7 Å². The Kier molecular flexibility index (Phi) is 4.08. The monoisotopic (exact) mass is 232 g/mol. The van der Waals surface area contributed by atoms with E-state index in [0.717, 1.165) is 0 Å². The van der Waals surface area contributed by atoms with Gasteiger partial charge in [-0.2, -0.15) is 8.78 Å². The molecule has 0 amide bonds. The summed E-state index contributed by atoms with van der Waals surface area (Å²) in [5, 5.41) is 0. The van der Waals surface area contributed by atoms with Crippen molar-refractivity contribution < 1.29 is 18.3 Å². The molecule has 0 radical (unpaired) electrons. The molecule has 1 aromatic carbocycles. The summed E-state index contributed by atoms with van der Waals surface area (Å²) in [6.45, 7) is -1.28. The molecule has 15 heavy (non-hydrogen) atoms. The lowest BCUT2D eigenvalue weighted by molar-refractivity contribution is -0.0501. The Labute approximate surface area is 91.7 Å². The van der Waals surface area contributed by atoms with Crippen LogP contribution in [0, 0.1) is 0 Å². The number of benzene rings is 1. The van der Waals surface area contributed by atoms with Gasteiger partial charge < -0.3 is 4.74 Å². The highest BCUT2D eigenvalue weighted by molar-refractivity contribution is 7.80. The van der Waals surface area contributed by atoms with Crippen LogP contribution in [0.4, 0.5) is 8.78 Å². The van der Waals surface area contributed by atoms with E-state index in [2.05, 4.69) is 17.4 Å².